The van der Waals surface area contributed by atoms with Crippen LogP contribution in [-0.4, -0.2) is 58.8 Å². The highest BCUT2D eigenvalue weighted by atomic mass is 19.2. The van der Waals surface area contributed by atoms with Crippen molar-refractivity contribution in [1.29, 1.82) is 0 Å². The molecule has 4 amide bonds. The van der Waals surface area contributed by atoms with Crippen LogP contribution < -0.4 is 20.9 Å². The number of carboxylic acid groups (broad SMARTS) is 1. The molecule has 3 aromatic carbocycles. The number of carbonyl (C=O) groups excluding carboxylic acids is 4. The fourth-order valence-electron chi connectivity index (χ4n) is 5.92. The summed E-state index contributed by atoms with van der Waals surface area (Å²) < 4.78 is 86.0. The summed E-state index contributed by atoms with van der Waals surface area (Å²) in [5.74, 6) is -16.9. The highest BCUT2D eigenvalue weighted by Gasteiger charge is 2.43. The Labute approximate surface area is 339 Å². The number of nitrogens with zero attached hydrogens (tertiary/aromatic N) is 1. The van der Waals surface area contributed by atoms with Crippen LogP contribution in [0.2, 0.25) is 0 Å². The SMILES string of the molecule is CC(C)(C)C[C@H](NC(=O)[C@@H](CC(C)(C)C)NC(=O)OCc1ccccc1)C(=O)N(c1c(F)c(F)c(F)c(F)c1F)[C@@H](Cc1cccc(NC(=O)OC(C)(C)C)c1)C(=O)O. The Hall–Kier alpha value is -5.74. The molecule has 0 aliphatic rings. The number of carboxylic acids is 1. The Morgan fingerprint density at radius 1 is 0.678 bits per heavy atom. The van der Waals surface area contributed by atoms with Gasteiger partial charge in [-0.3, -0.25) is 19.8 Å². The summed E-state index contributed by atoms with van der Waals surface area (Å²) in [6.07, 6.45) is -3.09. The van der Waals surface area contributed by atoms with E-state index in [0.29, 0.717) is 5.56 Å². The Morgan fingerprint density at radius 3 is 1.73 bits per heavy atom. The van der Waals surface area contributed by atoms with E-state index in [1.165, 1.54) is 24.3 Å². The molecule has 0 aliphatic heterocycles. The van der Waals surface area contributed by atoms with Gasteiger partial charge in [-0.05, 0) is 67.7 Å². The van der Waals surface area contributed by atoms with Crippen LogP contribution in [0.5, 0.6) is 0 Å². The number of hydrogen-bond donors (Lipinski definition) is 4. The highest BCUT2D eigenvalue weighted by Crippen LogP contribution is 2.34. The topological polar surface area (TPSA) is 163 Å². The van der Waals surface area contributed by atoms with Gasteiger partial charge in [0.2, 0.25) is 11.7 Å². The van der Waals surface area contributed by atoms with E-state index in [1.54, 1.807) is 92.6 Å². The molecule has 3 aromatic rings. The van der Waals surface area contributed by atoms with Crippen molar-refractivity contribution >= 4 is 41.3 Å². The van der Waals surface area contributed by atoms with E-state index in [9.17, 15) is 42.3 Å². The number of anilines is 2. The summed E-state index contributed by atoms with van der Waals surface area (Å²) in [4.78, 5) is 67.1. The van der Waals surface area contributed by atoms with Crippen molar-refractivity contribution in [1.82, 2.24) is 10.6 Å². The lowest BCUT2D eigenvalue weighted by atomic mass is 9.85. The molecule has 0 heterocycles. The van der Waals surface area contributed by atoms with Gasteiger partial charge >= 0.3 is 18.2 Å². The fraction of sp³-hybridized carbons (Fsp3) is 0.452. The van der Waals surface area contributed by atoms with E-state index in [1.807, 2.05) is 0 Å². The fourth-order valence-corrected chi connectivity index (χ4v) is 5.92. The van der Waals surface area contributed by atoms with Crippen LogP contribution >= 0.6 is 0 Å². The van der Waals surface area contributed by atoms with Crippen LogP contribution in [0.25, 0.3) is 0 Å². The number of rotatable bonds is 14. The molecule has 0 fully saturated rings. The van der Waals surface area contributed by atoms with Crippen LogP contribution in [-0.2, 0) is 36.9 Å². The zero-order valence-electron chi connectivity index (χ0n) is 34.4. The quantitative estimate of drug-likeness (QED) is 0.0715. The van der Waals surface area contributed by atoms with E-state index in [-0.39, 0.29) is 35.6 Å². The summed E-state index contributed by atoms with van der Waals surface area (Å²) >= 11 is 0. The minimum absolute atomic E-state index is 0.0347. The monoisotopic (exact) mass is 834 g/mol. The predicted molar refractivity (Wildman–Crippen MR) is 209 cm³/mol. The lowest BCUT2D eigenvalue weighted by Crippen LogP contribution is -2.59. The molecule has 59 heavy (non-hydrogen) atoms. The van der Waals surface area contributed by atoms with Crippen LogP contribution in [0.15, 0.2) is 54.6 Å². The van der Waals surface area contributed by atoms with Crippen molar-refractivity contribution in [3.63, 3.8) is 0 Å². The van der Waals surface area contributed by atoms with Crippen LogP contribution in [0.1, 0.15) is 86.3 Å². The number of nitrogens with one attached hydrogen (secondary N) is 3. The van der Waals surface area contributed by atoms with Crippen molar-refractivity contribution in [2.75, 3.05) is 10.2 Å². The molecule has 0 aliphatic carbocycles. The van der Waals surface area contributed by atoms with Gasteiger partial charge in [-0.1, -0.05) is 84.0 Å². The second-order valence-corrected chi connectivity index (χ2v) is 17.4. The largest absolute Gasteiger partial charge is 0.480 e. The summed E-state index contributed by atoms with van der Waals surface area (Å²) in [6, 6.07) is 8.36. The first-order chi connectivity index (χ1) is 27.2. The van der Waals surface area contributed by atoms with Gasteiger partial charge in [0.05, 0.1) is 0 Å². The average molecular weight is 835 g/mol. The summed E-state index contributed by atoms with van der Waals surface area (Å²) in [7, 11) is 0. The molecule has 4 N–H and O–H groups in total. The molecule has 0 unspecified atom stereocenters. The first kappa shape index (κ1) is 47.6. The molecule has 17 heteroatoms. The molecule has 0 bridgehead atoms. The van der Waals surface area contributed by atoms with Gasteiger partial charge in [0.25, 0.3) is 5.91 Å². The van der Waals surface area contributed by atoms with Crippen molar-refractivity contribution in [2.24, 2.45) is 10.8 Å². The van der Waals surface area contributed by atoms with Gasteiger partial charge in [-0.2, -0.15) is 0 Å². The predicted octanol–water partition coefficient (Wildman–Crippen LogP) is 8.41. The summed E-state index contributed by atoms with van der Waals surface area (Å²) in [5.41, 5.74) is -3.55. The number of aliphatic carboxylic acids is 1. The maximum atomic E-state index is 15.7. The maximum Gasteiger partial charge on any atom is 0.412 e. The number of carbonyl (C=O) groups is 5. The van der Waals surface area contributed by atoms with Gasteiger partial charge in [-0.25, -0.2) is 36.3 Å². The second-order valence-electron chi connectivity index (χ2n) is 17.4. The minimum atomic E-state index is -2.56. The molecule has 12 nitrogen and oxygen atoms in total. The molecule has 0 aromatic heterocycles. The lowest BCUT2D eigenvalue weighted by Gasteiger charge is -2.36. The summed E-state index contributed by atoms with van der Waals surface area (Å²) in [6.45, 7) is 14.8. The zero-order chi connectivity index (χ0) is 44.6. The smallest absolute Gasteiger partial charge is 0.412 e. The van der Waals surface area contributed by atoms with E-state index in [0.717, 1.165) is 0 Å². The van der Waals surface area contributed by atoms with Crippen LogP contribution in [0.3, 0.4) is 0 Å². The van der Waals surface area contributed by atoms with Crippen molar-refractivity contribution in [3.05, 3.63) is 94.8 Å². The lowest BCUT2D eigenvalue weighted by molar-refractivity contribution is -0.140. The van der Waals surface area contributed by atoms with E-state index in [4.69, 9.17) is 9.47 Å². The molecule has 322 valence electrons. The molecule has 0 spiro atoms. The molecular formula is C42H51F5N4O8. The summed E-state index contributed by atoms with van der Waals surface area (Å²) in [5, 5.41) is 17.9. The van der Waals surface area contributed by atoms with Gasteiger partial charge in [0.15, 0.2) is 23.3 Å². The first-order valence-electron chi connectivity index (χ1n) is 18.6. The maximum absolute atomic E-state index is 15.7. The number of alkyl carbamates (subject to hydrolysis) is 1. The Bertz CT molecular complexity index is 1980. The number of hydrogen-bond acceptors (Lipinski definition) is 7. The van der Waals surface area contributed by atoms with Gasteiger partial charge in [0.1, 0.15) is 36.0 Å². The van der Waals surface area contributed by atoms with Gasteiger partial charge in [0, 0.05) is 12.1 Å². The van der Waals surface area contributed by atoms with Crippen molar-refractivity contribution in [2.45, 2.75) is 112 Å². The molecule has 3 rings (SSSR count). The third-order valence-corrected chi connectivity index (χ3v) is 8.33. The normalized spacial score (nSPS) is 13.4. The van der Waals surface area contributed by atoms with Gasteiger partial charge in [-0.15, -0.1) is 0 Å². The molecular weight excluding hydrogens is 783 g/mol. The molecule has 0 saturated heterocycles. The van der Waals surface area contributed by atoms with Crippen LogP contribution in [0.4, 0.5) is 42.9 Å². The number of ether oxygens (including phenoxy) is 2. The average Bonchev–Trinajstić information content (AvgIpc) is 3.11. The van der Waals surface area contributed by atoms with E-state index in [2.05, 4.69) is 16.0 Å². The van der Waals surface area contributed by atoms with Gasteiger partial charge < -0.3 is 25.2 Å². The highest BCUT2D eigenvalue weighted by molar-refractivity contribution is 6.04. The molecule has 0 radical (unpaired) electrons. The Morgan fingerprint density at radius 2 is 1.20 bits per heavy atom. The third-order valence-electron chi connectivity index (χ3n) is 8.33. The number of amides is 4. The van der Waals surface area contributed by atoms with Crippen molar-refractivity contribution < 1.29 is 60.5 Å². The minimum Gasteiger partial charge on any atom is -0.480 e. The number of halogens is 5. The van der Waals surface area contributed by atoms with Crippen molar-refractivity contribution in [3.8, 4) is 0 Å². The Balaban J connectivity index is 2.14. The third kappa shape index (κ3) is 14.2. The first-order valence-corrected chi connectivity index (χ1v) is 18.6. The molecule has 0 saturated carbocycles. The second kappa shape index (κ2) is 19.3. The standard InChI is InChI=1S/C42H51F5N4O8/c1-40(2,3)20-26(50-38(56)58-22-23-14-11-10-12-15-23)35(52)49-27(21-41(4,5)6)36(53)51(34-32(46)30(44)29(43)31(45)33(34)47)28(37(54)55)19-24-16-13-17-25(18-24)48-39(57)59-42(7,8)9/h10-18,26-28H,19-22H2,1-9H3,(H,48,57)(H,49,52)(H,50,56)(H,54,55)/t26-,27+,28+/m1/s1. The van der Waals surface area contributed by atoms with E-state index >= 15 is 8.78 Å². The zero-order valence-corrected chi connectivity index (χ0v) is 34.4. The van der Waals surface area contributed by atoms with E-state index < -0.39 is 106 Å². The number of benzene rings is 3. The van der Waals surface area contributed by atoms with Crippen LogP contribution in [0, 0.1) is 39.9 Å². The molecule has 3 atom stereocenters. The Kier molecular flexibility index (Phi) is 15.6.